The standard InChI is InChI=1S/C15H12O6/c1-8-6-13(19)14(15(20)21-8)11(17)5-3-9-2-4-10(16)12(18)7-9/h2-7,16,18-19H,1H3. The van der Waals surface area contributed by atoms with Crippen LogP contribution in [0.3, 0.4) is 0 Å². The van der Waals surface area contributed by atoms with Gasteiger partial charge in [0, 0.05) is 6.07 Å². The number of aromatic hydroxyl groups is 3. The van der Waals surface area contributed by atoms with Crippen molar-refractivity contribution >= 4 is 11.9 Å². The molecule has 0 atom stereocenters. The number of ketones is 1. The molecule has 0 radical (unpaired) electrons. The first-order chi connectivity index (χ1) is 9.88. The number of hydrogen-bond donors (Lipinski definition) is 3. The molecule has 1 aromatic heterocycles. The maximum atomic E-state index is 11.9. The van der Waals surface area contributed by atoms with Gasteiger partial charge < -0.3 is 19.7 Å². The highest BCUT2D eigenvalue weighted by Gasteiger charge is 2.15. The molecule has 21 heavy (non-hydrogen) atoms. The third kappa shape index (κ3) is 3.11. The predicted octanol–water partition coefficient (Wildman–Crippen LogP) is 1.96. The molecule has 0 saturated heterocycles. The number of carbonyl (C=O) groups excluding carboxylic acids is 1. The summed E-state index contributed by atoms with van der Waals surface area (Å²) in [6.07, 6.45) is 2.40. The number of allylic oxidation sites excluding steroid dienone is 1. The predicted molar refractivity (Wildman–Crippen MR) is 74.5 cm³/mol. The van der Waals surface area contributed by atoms with Crippen LogP contribution in [0, 0.1) is 6.92 Å². The van der Waals surface area contributed by atoms with Gasteiger partial charge in [-0.15, -0.1) is 0 Å². The van der Waals surface area contributed by atoms with Crippen LogP contribution in [0.2, 0.25) is 0 Å². The van der Waals surface area contributed by atoms with E-state index in [1.807, 2.05) is 0 Å². The normalized spacial score (nSPS) is 10.9. The number of benzene rings is 1. The number of phenols is 2. The molecule has 0 spiro atoms. The van der Waals surface area contributed by atoms with Gasteiger partial charge in [0.05, 0.1) is 0 Å². The number of carbonyl (C=O) groups is 1. The monoisotopic (exact) mass is 288 g/mol. The molecule has 0 aliphatic heterocycles. The largest absolute Gasteiger partial charge is 0.507 e. The van der Waals surface area contributed by atoms with E-state index in [0.717, 1.165) is 6.08 Å². The van der Waals surface area contributed by atoms with Gasteiger partial charge in [-0.3, -0.25) is 4.79 Å². The molecule has 2 aromatic rings. The first-order valence-electron chi connectivity index (χ1n) is 5.96. The van der Waals surface area contributed by atoms with Gasteiger partial charge in [-0.05, 0) is 30.7 Å². The number of phenolic OH excluding ortho intramolecular Hbond substituents is 2. The van der Waals surface area contributed by atoms with Crippen molar-refractivity contribution in [3.8, 4) is 17.2 Å². The van der Waals surface area contributed by atoms with Gasteiger partial charge in [0.15, 0.2) is 17.3 Å². The smallest absolute Gasteiger partial charge is 0.351 e. The molecule has 2 rings (SSSR count). The minimum Gasteiger partial charge on any atom is -0.507 e. The summed E-state index contributed by atoms with van der Waals surface area (Å²) in [6.45, 7) is 1.48. The molecule has 0 bridgehead atoms. The van der Waals surface area contributed by atoms with E-state index in [1.165, 1.54) is 37.3 Å². The summed E-state index contributed by atoms with van der Waals surface area (Å²) in [5.74, 6) is -1.60. The Hall–Kier alpha value is -3.02. The molecule has 0 unspecified atom stereocenters. The van der Waals surface area contributed by atoms with Gasteiger partial charge in [0.2, 0.25) is 0 Å². The summed E-state index contributed by atoms with van der Waals surface area (Å²) in [4.78, 5) is 23.5. The molecule has 6 nitrogen and oxygen atoms in total. The van der Waals surface area contributed by atoms with Crippen LogP contribution in [0.5, 0.6) is 17.2 Å². The Labute approximate surface area is 119 Å². The fraction of sp³-hybridized carbons (Fsp3) is 0.0667. The van der Waals surface area contributed by atoms with Crippen molar-refractivity contribution in [2.75, 3.05) is 0 Å². The lowest BCUT2D eigenvalue weighted by Crippen LogP contribution is -2.12. The lowest BCUT2D eigenvalue weighted by Gasteiger charge is -2.00. The Balaban J connectivity index is 2.31. The Morgan fingerprint density at radius 1 is 1.10 bits per heavy atom. The third-order valence-electron chi connectivity index (χ3n) is 2.73. The van der Waals surface area contributed by atoms with E-state index in [4.69, 9.17) is 4.42 Å². The molecule has 6 heteroatoms. The Morgan fingerprint density at radius 2 is 1.81 bits per heavy atom. The van der Waals surface area contributed by atoms with Crippen LogP contribution in [0.15, 0.2) is 39.6 Å². The van der Waals surface area contributed by atoms with Gasteiger partial charge in [-0.1, -0.05) is 12.1 Å². The highest BCUT2D eigenvalue weighted by atomic mass is 16.4. The molecule has 1 aromatic carbocycles. The number of rotatable bonds is 3. The van der Waals surface area contributed by atoms with E-state index in [9.17, 15) is 24.9 Å². The van der Waals surface area contributed by atoms with Crippen LogP contribution >= 0.6 is 0 Å². The van der Waals surface area contributed by atoms with E-state index < -0.39 is 22.7 Å². The van der Waals surface area contributed by atoms with Crippen LogP contribution in [0.4, 0.5) is 0 Å². The fourth-order valence-electron chi connectivity index (χ4n) is 1.72. The molecule has 0 amide bonds. The van der Waals surface area contributed by atoms with Crippen molar-refractivity contribution in [2.45, 2.75) is 6.92 Å². The first-order valence-corrected chi connectivity index (χ1v) is 5.96. The van der Waals surface area contributed by atoms with Crippen molar-refractivity contribution in [2.24, 2.45) is 0 Å². The summed E-state index contributed by atoms with van der Waals surface area (Å²) in [6, 6.07) is 5.15. The van der Waals surface area contributed by atoms with Gasteiger partial charge in [0.25, 0.3) is 0 Å². The van der Waals surface area contributed by atoms with Crippen LogP contribution in [-0.4, -0.2) is 21.1 Å². The van der Waals surface area contributed by atoms with Crippen molar-refractivity contribution < 1.29 is 24.5 Å². The van der Waals surface area contributed by atoms with Crippen molar-refractivity contribution in [3.05, 3.63) is 57.6 Å². The summed E-state index contributed by atoms with van der Waals surface area (Å²) < 4.78 is 4.75. The molecule has 3 N–H and O–H groups in total. The molecule has 0 saturated carbocycles. The van der Waals surface area contributed by atoms with E-state index in [0.29, 0.717) is 5.56 Å². The van der Waals surface area contributed by atoms with Crippen LogP contribution < -0.4 is 5.63 Å². The second-order valence-corrected chi connectivity index (χ2v) is 4.35. The van der Waals surface area contributed by atoms with Gasteiger partial charge in [0.1, 0.15) is 17.1 Å². The second-order valence-electron chi connectivity index (χ2n) is 4.35. The Kier molecular flexibility index (Phi) is 3.80. The zero-order valence-electron chi connectivity index (χ0n) is 11.0. The average Bonchev–Trinajstić information content (AvgIpc) is 2.39. The first kappa shape index (κ1) is 14.4. The molecule has 0 fully saturated rings. The second kappa shape index (κ2) is 5.54. The van der Waals surface area contributed by atoms with E-state index >= 15 is 0 Å². The Bertz CT molecular complexity index is 785. The Morgan fingerprint density at radius 3 is 2.43 bits per heavy atom. The van der Waals surface area contributed by atoms with Crippen molar-refractivity contribution in [3.63, 3.8) is 0 Å². The van der Waals surface area contributed by atoms with Gasteiger partial charge >= 0.3 is 5.63 Å². The maximum Gasteiger partial charge on any atom is 0.351 e. The zero-order chi connectivity index (χ0) is 15.6. The molecule has 108 valence electrons. The van der Waals surface area contributed by atoms with Crippen LogP contribution in [-0.2, 0) is 0 Å². The molecule has 0 aliphatic carbocycles. The van der Waals surface area contributed by atoms with Gasteiger partial charge in [-0.2, -0.15) is 0 Å². The van der Waals surface area contributed by atoms with Crippen LogP contribution in [0.1, 0.15) is 21.7 Å². The SMILES string of the molecule is Cc1cc(O)c(C(=O)C=Cc2ccc(O)c(O)c2)c(=O)o1. The topological polar surface area (TPSA) is 108 Å². The zero-order valence-corrected chi connectivity index (χ0v) is 11.0. The fourth-order valence-corrected chi connectivity index (χ4v) is 1.72. The summed E-state index contributed by atoms with van der Waals surface area (Å²) in [7, 11) is 0. The third-order valence-corrected chi connectivity index (χ3v) is 2.73. The van der Waals surface area contributed by atoms with Crippen molar-refractivity contribution in [1.82, 2.24) is 0 Å². The lowest BCUT2D eigenvalue weighted by atomic mass is 10.1. The molecular weight excluding hydrogens is 276 g/mol. The molecule has 1 heterocycles. The summed E-state index contributed by atoms with van der Waals surface area (Å²) >= 11 is 0. The highest BCUT2D eigenvalue weighted by Crippen LogP contribution is 2.25. The summed E-state index contributed by atoms with van der Waals surface area (Å²) in [5.41, 5.74) is -0.940. The van der Waals surface area contributed by atoms with E-state index in [1.54, 1.807) is 0 Å². The molecule has 0 aliphatic rings. The minimum atomic E-state index is -0.921. The number of aryl methyl sites for hydroxylation is 1. The van der Waals surface area contributed by atoms with Crippen LogP contribution in [0.25, 0.3) is 6.08 Å². The maximum absolute atomic E-state index is 11.9. The molecular formula is C15H12O6. The minimum absolute atomic E-state index is 0.196. The van der Waals surface area contributed by atoms with Gasteiger partial charge in [-0.25, -0.2) is 4.79 Å². The van der Waals surface area contributed by atoms with Crippen molar-refractivity contribution in [1.29, 1.82) is 0 Å². The quantitative estimate of drug-likeness (QED) is 0.452. The average molecular weight is 288 g/mol. The number of hydrogen-bond acceptors (Lipinski definition) is 6. The lowest BCUT2D eigenvalue weighted by molar-refractivity contribution is 0.104. The summed E-state index contributed by atoms with van der Waals surface area (Å²) in [5, 5.41) is 28.1. The highest BCUT2D eigenvalue weighted by molar-refractivity contribution is 6.08. The van der Waals surface area contributed by atoms with E-state index in [2.05, 4.69) is 0 Å². The van der Waals surface area contributed by atoms with E-state index in [-0.39, 0.29) is 17.3 Å².